The molecule has 7 heteroatoms. The van der Waals surface area contributed by atoms with Gasteiger partial charge in [0.25, 0.3) is 5.91 Å². The molecule has 0 aliphatic heterocycles. The topological polar surface area (TPSA) is 81.4 Å². The number of ether oxygens (including phenoxy) is 1. The number of carbonyl (C=O) groups excluding carboxylic acids is 1. The first kappa shape index (κ1) is 18.0. The number of amides is 1. The lowest BCUT2D eigenvalue weighted by atomic mass is 10.1. The average molecular weight is 395 g/mol. The van der Waals surface area contributed by atoms with E-state index < -0.39 is 5.91 Å². The second kappa shape index (κ2) is 7.32. The van der Waals surface area contributed by atoms with E-state index in [1.807, 2.05) is 13.0 Å². The molecule has 0 spiro atoms. The van der Waals surface area contributed by atoms with Crippen LogP contribution < -0.4 is 15.5 Å². The number of aromatic nitrogens is 1. The van der Waals surface area contributed by atoms with Crippen LogP contribution in [0.3, 0.4) is 0 Å². The largest absolute Gasteiger partial charge is 0.492 e. The van der Waals surface area contributed by atoms with Gasteiger partial charge in [-0.2, -0.15) is 0 Å². The van der Waals surface area contributed by atoms with Gasteiger partial charge in [-0.05, 0) is 49.4 Å². The fourth-order valence-corrected chi connectivity index (χ4v) is 3.12. The molecule has 2 heterocycles. The second-order valence-corrected chi connectivity index (χ2v) is 6.45. The number of anilines is 1. The molecule has 0 saturated heterocycles. The minimum atomic E-state index is -0.539. The van der Waals surface area contributed by atoms with Gasteiger partial charge in [0.05, 0.1) is 17.7 Å². The van der Waals surface area contributed by atoms with E-state index in [1.165, 1.54) is 6.07 Å². The van der Waals surface area contributed by atoms with Crippen molar-refractivity contribution in [3.05, 3.63) is 75.7 Å². The van der Waals surface area contributed by atoms with Crippen LogP contribution in [-0.2, 0) is 0 Å². The van der Waals surface area contributed by atoms with Crippen molar-refractivity contribution in [2.75, 3.05) is 11.9 Å². The number of nitrogens with one attached hydrogen (secondary N) is 1. The molecule has 2 aromatic carbocycles. The summed E-state index contributed by atoms with van der Waals surface area (Å²) in [7, 11) is 0. The highest BCUT2D eigenvalue weighted by molar-refractivity contribution is 6.31. The highest BCUT2D eigenvalue weighted by Gasteiger charge is 2.15. The molecule has 2 aromatic heterocycles. The molecule has 0 bridgehead atoms. The van der Waals surface area contributed by atoms with Gasteiger partial charge in [0.15, 0.2) is 11.2 Å². The van der Waals surface area contributed by atoms with Crippen molar-refractivity contribution in [2.24, 2.45) is 0 Å². The van der Waals surface area contributed by atoms with E-state index in [2.05, 4.69) is 10.3 Å². The molecule has 4 aromatic rings. The number of halogens is 1. The van der Waals surface area contributed by atoms with Crippen molar-refractivity contribution in [3.8, 4) is 5.75 Å². The third kappa shape index (κ3) is 3.30. The second-order valence-electron chi connectivity index (χ2n) is 6.01. The molecule has 140 valence electrons. The van der Waals surface area contributed by atoms with Gasteiger partial charge in [0.2, 0.25) is 0 Å². The standard InChI is InChI=1S/C21H15ClN2O4/c1-2-27-18-8-6-15(13-4-3-9-23-20(13)18)24-21(26)19-11-16(25)14-10-12(22)5-7-17(14)28-19/h3-11H,2H2,1H3,(H,24,26). The van der Waals surface area contributed by atoms with Crippen LogP contribution in [0.4, 0.5) is 5.69 Å². The third-order valence-electron chi connectivity index (χ3n) is 4.19. The normalized spacial score (nSPS) is 10.9. The number of rotatable bonds is 4. The highest BCUT2D eigenvalue weighted by atomic mass is 35.5. The van der Waals surface area contributed by atoms with Gasteiger partial charge in [-0.15, -0.1) is 0 Å². The molecule has 0 unspecified atom stereocenters. The van der Waals surface area contributed by atoms with Gasteiger partial charge < -0.3 is 14.5 Å². The molecule has 28 heavy (non-hydrogen) atoms. The van der Waals surface area contributed by atoms with Gasteiger partial charge in [0, 0.05) is 22.7 Å². The first-order valence-corrected chi connectivity index (χ1v) is 9.00. The minimum Gasteiger partial charge on any atom is -0.492 e. The van der Waals surface area contributed by atoms with Crippen LogP contribution in [0.25, 0.3) is 21.9 Å². The molecule has 1 N–H and O–H groups in total. The molecule has 0 aliphatic rings. The monoisotopic (exact) mass is 394 g/mol. The van der Waals surface area contributed by atoms with E-state index in [0.717, 1.165) is 11.5 Å². The summed E-state index contributed by atoms with van der Waals surface area (Å²) in [5.41, 5.74) is 1.12. The summed E-state index contributed by atoms with van der Waals surface area (Å²) in [6, 6.07) is 12.9. The highest BCUT2D eigenvalue weighted by Crippen LogP contribution is 2.30. The van der Waals surface area contributed by atoms with Crippen molar-refractivity contribution in [1.29, 1.82) is 0 Å². The number of nitrogens with zero attached hydrogens (tertiary/aromatic N) is 1. The SMILES string of the molecule is CCOc1ccc(NC(=O)c2cc(=O)c3cc(Cl)ccc3o2)c2cccnc12. The molecular formula is C21H15ClN2O4. The first-order valence-electron chi connectivity index (χ1n) is 8.62. The number of hydrogen-bond acceptors (Lipinski definition) is 5. The average Bonchev–Trinajstić information content (AvgIpc) is 2.70. The number of benzene rings is 2. The van der Waals surface area contributed by atoms with Crippen LogP contribution in [0, 0.1) is 0 Å². The Morgan fingerprint density at radius 1 is 1.18 bits per heavy atom. The summed E-state index contributed by atoms with van der Waals surface area (Å²) in [6.45, 7) is 2.39. The van der Waals surface area contributed by atoms with E-state index in [0.29, 0.717) is 39.6 Å². The predicted octanol–water partition coefficient (Wildman–Crippen LogP) is 4.65. The number of carbonyl (C=O) groups is 1. The molecule has 0 atom stereocenters. The van der Waals surface area contributed by atoms with Gasteiger partial charge in [0.1, 0.15) is 16.8 Å². The smallest absolute Gasteiger partial charge is 0.291 e. The maximum atomic E-state index is 12.7. The Balaban J connectivity index is 1.73. The molecule has 6 nitrogen and oxygen atoms in total. The Labute approximate surface area is 164 Å². The quantitative estimate of drug-likeness (QED) is 0.545. The van der Waals surface area contributed by atoms with Crippen LogP contribution in [0.1, 0.15) is 17.5 Å². The van der Waals surface area contributed by atoms with Crippen LogP contribution in [-0.4, -0.2) is 17.5 Å². The Kier molecular flexibility index (Phi) is 4.71. The van der Waals surface area contributed by atoms with Crippen LogP contribution in [0.15, 0.2) is 63.9 Å². The Morgan fingerprint density at radius 2 is 2.04 bits per heavy atom. The van der Waals surface area contributed by atoms with Gasteiger partial charge in [-0.3, -0.25) is 14.6 Å². The van der Waals surface area contributed by atoms with Gasteiger partial charge >= 0.3 is 0 Å². The van der Waals surface area contributed by atoms with Crippen molar-refractivity contribution < 1.29 is 13.9 Å². The Morgan fingerprint density at radius 3 is 2.86 bits per heavy atom. The maximum Gasteiger partial charge on any atom is 0.291 e. The molecule has 0 aliphatic carbocycles. The zero-order valence-electron chi connectivity index (χ0n) is 14.9. The van der Waals surface area contributed by atoms with E-state index >= 15 is 0 Å². The summed E-state index contributed by atoms with van der Waals surface area (Å²) in [6.07, 6.45) is 1.66. The number of fused-ring (bicyclic) bond motifs is 2. The Bertz CT molecular complexity index is 1270. The summed E-state index contributed by atoms with van der Waals surface area (Å²) >= 11 is 5.91. The van der Waals surface area contributed by atoms with Crippen LogP contribution >= 0.6 is 11.6 Å². The molecule has 0 saturated carbocycles. The fraction of sp³-hybridized carbons (Fsp3) is 0.0952. The molecule has 4 rings (SSSR count). The lowest BCUT2D eigenvalue weighted by Crippen LogP contribution is -2.15. The maximum absolute atomic E-state index is 12.7. The minimum absolute atomic E-state index is 0.0919. The van der Waals surface area contributed by atoms with Crippen LogP contribution in [0.5, 0.6) is 5.75 Å². The third-order valence-corrected chi connectivity index (χ3v) is 4.43. The fourth-order valence-electron chi connectivity index (χ4n) is 2.95. The Hall–Kier alpha value is -3.38. The van der Waals surface area contributed by atoms with Crippen molar-refractivity contribution in [2.45, 2.75) is 6.92 Å². The summed E-state index contributed by atoms with van der Waals surface area (Å²) in [4.78, 5) is 29.4. The zero-order valence-corrected chi connectivity index (χ0v) is 15.6. The summed E-state index contributed by atoms with van der Waals surface area (Å²) in [5.74, 6) is -0.000717. The lowest BCUT2D eigenvalue weighted by Gasteiger charge is -2.11. The number of pyridine rings is 1. The molecular weight excluding hydrogens is 380 g/mol. The van der Waals surface area contributed by atoms with Crippen molar-refractivity contribution in [1.82, 2.24) is 4.98 Å². The lowest BCUT2D eigenvalue weighted by molar-refractivity contribution is 0.0997. The molecule has 0 radical (unpaired) electrons. The summed E-state index contributed by atoms with van der Waals surface area (Å²) in [5, 5.41) is 4.24. The number of hydrogen-bond donors (Lipinski definition) is 1. The first-order chi connectivity index (χ1) is 13.6. The van der Waals surface area contributed by atoms with E-state index in [9.17, 15) is 9.59 Å². The molecule has 0 fully saturated rings. The van der Waals surface area contributed by atoms with E-state index in [4.69, 9.17) is 20.8 Å². The molecule has 1 amide bonds. The van der Waals surface area contributed by atoms with Crippen molar-refractivity contribution in [3.63, 3.8) is 0 Å². The van der Waals surface area contributed by atoms with Gasteiger partial charge in [-0.25, -0.2) is 0 Å². The summed E-state index contributed by atoms with van der Waals surface area (Å²) < 4.78 is 11.2. The van der Waals surface area contributed by atoms with E-state index in [-0.39, 0.29) is 11.2 Å². The van der Waals surface area contributed by atoms with Crippen LogP contribution in [0.2, 0.25) is 5.02 Å². The van der Waals surface area contributed by atoms with Gasteiger partial charge in [-0.1, -0.05) is 11.6 Å². The van der Waals surface area contributed by atoms with Crippen molar-refractivity contribution >= 4 is 45.1 Å². The predicted molar refractivity (Wildman–Crippen MR) is 108 cm³/mol. The zero-order chi connectivity index (χ0) is 19.7. The van der Waals surface area contributed by atoms with E-state index in [1.54, 1.807) is 36.5 Å².